The second kappa shape index (κ2) is 11.0. The van der Waals surface area contributed by atoms with Crippen molar-refractivity contribution in [3.8, 4) is 0 Å². The Kier molecular flexibility index (Phi) is 10.6. The van der Waals surface area contributed by atoms with Crippen LogP contribution in [0.1, 0.15) is 67.2 Å². The van der Waals surface area contributed by atoms with Gasteiger partial charge < -0.3 is 19.5 Å². The van der Waals surface area contributed by atoms with Crippen LogP contribution in [0.2, 0.25) is 0 Å². The molecule has 0 aliphatic carbocycles. The number of unbranched alkanes of at least 4 members (excludes halogenated alkanes) is 1. The predicted octanol–water partition coefficient (Wildman–Crippen LogP) is 2.95. The predicted molar refractivity (Wildman–Crippen MR) is 88.7 cm³/mol. The van der Waals surface area contributed by atoms with Gasteiger partial charge in [0.05, 0.1) is 6.10 Å². The molecule has 0 aromatic heterocycles. The number of cyclic esters (lactones) is 1. The minimum atomic E-state index is -0.775. The lowest BCUT2D eigenvalue weighted by molar-refractivity contribution is -0.160. The van der Waals surface area contributed by atoms with Crippen molar-refractivity contribution >= 4 is 5.97 Å². The topological polar surface area (TPSA) is 59.0 Å². The van der Waals surface area contributed by atoms with E-state index in [1.165, 1.54) is 0 Å². The van der Waals surface area contributed by atoms with Crippen LogP contribution in [-0.2, 0) is 14.3 Å². The summed E-state index contributed by atoms with van der Waals surface area (Å²) in [6.45, 7) is 14.1. The van der Waals surface area contributed by atoms with Gasteiger partial charge in [0.25, 0.3) is 0 Å². The average Bonchev–Trinajstić information content (AvgIpc) is 2.69. The van der Waals surface area contributed by atoms with Gasteiger partial charge in [0, 0.05) is 20.4 Å². The zero-order valence-corrected chi connectivity index (χ0v) is 15.2. The number of aliphatic hydroxyl groups excluding tert-OH is 1. The fourth-order valence-electron chi connectivity index (χ4n) is 2.55. The fourth-order valence-corrected chi connectivity index (χ4v) is 2.55. The molecule has 22 heavy (non-hydrogen) atoms. The Balaban J connectivity index is 0.00000211. The number of carbonyl (C=O) groups excluding carboxylic acids is 1. The first kappa shape index (κ1) is 21.4. The van der Waals surface area contributed by atoms with E-state index in [1.54, 1.807) is 13.8 Å². The molecule has 1 rings (SSSR count). The summed E-state index contributed by atoms with van der Waals surface area (Å²) in [7, 11) is 0. The van der Waals surface area contributed by atoms with E-state index < -0.39 is 11.9 Å². The lowest BCUT2D eigenvalue weighted by atomic mass is 10.1. The van der Waals surface area contributed by atoms with Crippen molar-refractivity contribution in [3.63, 3.8) is 0 Å². The van der Waals surface area contributed by atoms with Gasteiger partial charge in [-0.15, -0.1) is 0 Å². The average molecular weight is 317 g/mol. The number of aliphatic hydroxyl groups is 1. The molecule has 2 unspecified atom stereocenters. The van der Waals surface area contributed by atoms with E-state index in [9.17, 15) is 9.90 Å². The van der Waals surface area contributed by atoms with Crippen LogP contribution < -0.4 is 0 Å². The summed E-state index contributed by atoms with van der Waals surface area (Å²) < 4.78 is 10.7. The second-order valence-corrected chi connectivity index (χ2v) is 6.07. The molecule has 1 saturated heterocycles. The van der Waals surface area contributed by atoms with Gasteiger partial charge in [-0.05, 0) is 45.7 Å². The minimum absolute atomic E-state index is 0.246. The first-order valence-electron chi connectivity index (χ1n) is 8.65. The maximum Gasteiger partial charge on any atom is 0.337 e. The number of ether oxygens (including phenoxy) is 2. The number of hydrogen-bond donors (Lipinski definition) is 1. The lowest BCUT2D eigenvalue weighted by Gasteiger charge is -2.23. The summed E-state index contributed by atoms with van der Waals surface area (Å²) in [6, 6.07) is 0. The van der Waals surface area contributed by atoms with E-state index in [2.05, 4.69) is 11.8 Å². The Morgan fingerprint density at radius 2 is 1.91 bits per heavy atom. The van der Waals surface area contributed by atoms with Crippen molar-refractivity contribution in [1.82, 2.24) is 4.90 Å². The molecule has 0 saturated carbocycles. The highest BCUT2D eigenvalue weighted by atomic mass is 16.8. The molecular formula is C17H35NO4. The van der Waals surface area contributed by atoms with Gasteiger partial charge in [-0.2, -0.15) is 0 Å². The van der Waals surface area contributed by atoms with Crippen molar-refractivity contribution in [3.05, 3.63) is 0 Å². The summed E-state index contributed by atoms with van der Waals surface area (Å²) in [5.74, 6) is -1.02. The molecule has 132 valence electrons. The molecule has 0 aromatic carbocycles. The van der Waals surface area contributed by atoms with Gasteiger partial charge >= 0.3 is 5.97 Å². The number of esters is 1. The SMILES string of the molecule is CC.CCCN(CCCCC1OC(C)(C)OC1=O)CC(C)O. The maximum atomic E-state index is 11.6. The quantitative estimate of drug-likeness (QED) is 0.523. The van der Waals surface area contributed by atoms with Gasteiger partial charge in [0.2, 0.25) is 5.79 Å². The molecule has 0 amide bonds. The van der Waals surface area contributed by atoms with E-state index in [0.29, 0.717) is 13.0 Å². The molecule has 5 heteroatoms. The molecule has 0 bridgehead atoms. The highest BCUT2D eigenvalue weighted by Gasteiger charge is 2.40. The fraction of sp³-hybridized carbons (Fsp3) is 0.941. The maximum absolute atomic E-state index is 11.6. The summed E-state index contributed by atoms with van der Waals surface area (Å²) in [5, 5.41) is 9.45. The zero-order valence-electron chi connectivity index (χ0n) is 15.2. The van der Waals surface area contributed by atoms with Gasteiger partial charge in [0.15, 0.2) is 6.10 Å². The molecule has 1 N–H and O–H groups in total. The summed E-state index contributed by atoms with van der Waals surface area (Å²) in [6.07, 6.45) is 3.00. The molecule has 0 spiro atoms. The Morgan fingerprint density at radius 1 is 1.27 bits per heavy atom. The van der Waals surface area contributed by atoms with Crippen molar-refractivity contribution in [2.75, 3.05) is 19.6 Å². The Bertz CT molecular complexity index is 305. The normalized spacial score (nSPS) is 21.3. The molecule has 1 heterocycles. The Labute approximate surface area is 136 Å². The lowest BCUT2D eigenvalue weighted by Crippen LogP contribution is -2.32. The third-order valence-corrected chi connectivity index (χ3v) is 3.29. The molecule has 0 aromatic rings. The van der Waals surface area contributed by atoms with Crippen molar-refractivity contribution in [2.24, 2.45) is 0 Å². The van der Waals surface area contributed by atoms with Crippen LogP contribution in [0, 0.1) is 0 Å². The van der Waals surface area contributed by atoms with Crippen LogP contribution >= 0.6 is 0 Å². The van der Waals surface area contributed by atoms with E-state index in [0.717, 1.165) is 32.4 Å². The molecule has 1 fully saturated rings. The summed E-state index contributed by atoms with van der Waals surface area (Å²) >= 11 is 0. The standard InChI is InChI=1S/C15H29NO4.C2H6/c1-5-9-16(11-12(2)17)10-7-6-8-13-14(18)20-15(3,4)19-13;1-2/h12-13,17H,5-11H2,1-4H3;1-2H3. The van der Waals surface area contributed by atoms with Gasteiger partial charge in [-0.25, -0.2) is 4.79 Å². The van der Waals surface area contributed by atoms with Gasteiger partial charge in [-0.1, -0.05) is 20.8 Å². The van der Waals surface area contributed by atoms with Crippen molar-refractivity contribution in [2.45, 2.75) is 85.2 Å². The first-order chi connectivity index (χ1) is 10.3. The van der Waals surface area contributed by atoms with E-state index in [-0.39, 0.29) is 12.1 Å². The van der Waals surface area contributed by atoms with E-state index in [1.807, 2.05) is 20.8 Å². The van der Waals surface area contributed by atoms with Crippen LogP contribution in [0.5, 0.6) is 0 Å². The van der Waals surface area contributed by atoms with Gasteiger partial charge in [-0.3, -0.25) is 0 Å². The molecule has 1 aliphatic heterocycles. The Hall–Kier alpha value is -0.650. The molecule has 0 radical (unpaired) electrons. The molecule has 1 aliphatic rings. The third-order valence-electron chi connectivity index (χ3n) is 3.29. The number of nitrogens with zero attached hydrogens (tertiary/aromatic N) is 1. The van der Waals surface area contributed by atoms with Gasteiger partial charge in [0.1, 0.15) is 0 Å². The largest absolute Gasteiger partial charge is 0.432 e. The van der Waals surface area contributed by atoms with Crippen LogP contribution in [-0.4, -0.2) is 53.6 Å². The van der Waals surface area contributed by atoms with Crippen molar-refractivity contribution in [1.29, 1.82) is 0 Å². The van der Waals surface area contributed by atoms with Crippen LogP contribution in [0.4, 0.5) is 0 Å². The smallest absolute Gasteiger partial charge is 0.337 e. The number of carbonyl (C=O) groups is 1. The van der Waals surface area contributed by atoms with Crippen LogP contribution in [0.15, 0.2) is 0 Å². The summed E-state index contributed by atoms with van der Waals surface area (Å²) in [5.41, 5.74) is 0. The highest BCUT2D eigenvalue weighted by Crippen LogP contribution is 2.26. The molecule has 2 atom stereocenters. The number of hydrogen-bond acceptors (Lipinski definition) is 5. The molecule has 5 nitrogen and oxygen atoms in total. The van der Waals surface area contributed by atoms with Crippen LogP contribution in [0.25, 0.3) is 0 Å². The van der Waals surface area contributed by atoms with Crippen molar-refractivity contribution < 1.29 is 19.4 Å². The third kappa shape index (κ3) is 8.71. The van der Waals surface area contributed by atoms with Crippen LogP contribution in [0.3, 0.4) is 0 Å². The van der Waals surface area contributed by atoms with E-state index in [4.69, 9.17) is 9.47 Å². The number of rotatable bonds is 9. The highest BCUT2D eigenvalue weighted by molar-refractivity contribution is 5.76. The summed E-state index contributed by atoms with van der Waals surface area (Å²) in [4.78, 5) is 13.8. The van der Waals surface area contributed by atoms with E-state index >= 15 is 0 Å². The second-order valence-electron chi connectivity index (χ2n) is 6.07. The first-order valence-corrected chi connectivity index (χ1v) is 8.65. The monoisotopic (exact) mass is 317 g/mol. The Morgan fingerprint density at radius 3 is 2.36 bits per heavy atom. The molecular weight excluding hydrogens is 282 g/mol. The minimum Gasteiger partial charge on any atom is -0.432 e. The zero-order chi connectivity index (χ0) is 17.2.